The van der Waals surface area contributed by atoms with Crippen LogP contribution in [0.5, 0.6) is 0 Å². The number of piperazine rings is 1. The average molecular weight is 372 g/mol. The Balaban J connectivity index is 1.85. The van der Waals surface area contributed by atoms with Crippen molar-refractivity contribution in [3.63, 3.8) is 0 Å². The first-order chi connectivity index (χ1) is 11.8. The lowest BCUT2D eigenvalue weighted by molar-refractivity contribution is -0.137. The Kier molecular flexibility index (Phi) is 6.49. The predicted molar refractivity (Wildman–Crippen MR) is 87.8 cm³/mol. The second-order valence-corrected chi connectivity index (χ2v) is 7.78. The molecular formula is C16H21FN2O5S. The predicted octanol–water partition coefficient (Wildman–Crippen LogP) is 1.30. The molecule has 0 bridgehead atoms. The average Bonchev–Trinajstić information content (AvgIpc) is 2.59. The third-order valence-electron chi connectivity index (χ3n) is 4.07. The molecule has 2 rings (SSSR count). The fourth-order valence-electron chi connectivity index (χ4n) is 2.64. The van der Waals surface area contributed by atoms with Crippen molar-refractivity contribution in [2.24, 2.45) is 0 Å². The first-order valence-corrected chi connectivity index (χ1v) is 9.50. The van der Waals surface area contributed by atoms with Crippen molar-refractivity contribution in [2.45, 2.75) is 30.6 Å². The van der Waals surface area contributed by atoms with E-state index in [1.54, 1.807) is 4.90 Å². The fourth-order valence-corrected chi connectivity index (χ4v) is 4.07. The highest BCUT2D eigenvalue weighted by Gasteiger charge is 2.29. The van der Waals surface area contributed by atoms with Crippen LogP contribution in [0.25, 0.3) is 0 Å². The van der Waals surface area contributed by atoms with E-state index < -0.39 is 21.8 Å². The quantitative estimate of drug-likeness (QED) is 0.728. The monoisotopic (exact) mass is 372 g/mol. The van der Waals surface area contributed by atoms with Gasteiger partial charge in [-0.15, -0.1) is 0 Å². The van der Waals surface area contributed by atoms with Gasteiger partial charge in [-0.3, -0.25) is 9.59 Å². The van der Waals surface area contributed by atoms with Gasteiger partial charge in [0.25, 0.3) is 0 Å². The minimum atomic E-state index is -3.69. The molecule has 0 spiro atoms. The van der Waals surface area contributed by atoms with Crippen molar-refractivity contribution < 1.29 is 27.5 Å². The zero-order valence-electron chi connectivity index (χ0n) is 13.7. The number of rotatable bonds is 7. The van der Waals surface area contributed by atoms with Crippen molar-refractivity contribution in [1.29, 1.82) is 0 Å². The first-order valence-electron chi connectivity index (χ1n) is 8.06. The van der Waals surface area contributed by atoms with Crippen LogP contribution in [-0.2, 0) is 19.6 Å². The van der Waals surface area contributed by atoms with Crippen LogP contribution >= 0.6 is 0 Å². The number of nitrogens with zero attached hydrogens (tertiary/aromatic N) is 2. The van der Waals surface area contributed by atoms with E-state index in [1.807, 2.05) is 0 Å². The van der Waals surface area contributed by atoms with Gasteiger partial charge in [-0.2, -0.15) is 4.31 Å². The minimum Gasteiger partial charge on any atom is -0.481 e. The van der Waals surface area contributed by atoms with Gasteiger partial charge >= 0.3 is 5.97 Å². The van der Waals surface area contributed by atoms with Gasteiger partial charge in [-0.1, -0.05) is 0 Å². The summed E-state index contributed by atoms with van der Waals surface area (Å²) in [5, 5.41) is 8.56. The number of hydrogen-bond donors (Lipinski definition) is 1. The Morgan fingerprint density at radius 1 is 1.00 bits per heavy atom. The highest BCUT2D eigenvalue weighted by molar-refractivity contribution is 7.89. The summed E-state index contributed by atoms with van der Waals surface area (Å²) in [5.41, 5.74) is 0. The van der Waals surface area contributed by atoms with Crippen LogP contribution in [0.1, 0.15) is 25.7 Å². The number of unbranched alkanes of at least 4 members (excludes halogenated alkanes) is 1. The van der Waals surface area contributed by atoms with Gasteiger partial charge in [-0.05, 0) is 37.1 Å². The Hall–Kier alpha value is -2.00. The second kappa shape index (κ2) is 8.39. The highest BCUT2D eigenvalue weighted by atomic mass is 32.2. The summed E-state index contributed by atoms with van der Waals surface area (Å²) in [6, 6.07) is 4.66. The maximum absolute atomic E-state index is 12.9. The van der Waals surface area contributed by atoms with Crippen LogP contribution in [0.3, 0.4) is 0 Å². The van der Waals surface area contributed by atoms with Crippen molar-refractivity contribution in [3.05, 3.63) is 30.1 Å². The van der Waals surface area contributed by atoms with Crippen molar-refractivity contribution in [1.82, 2.24) is 9.21 Å². The molecule has 1 fully saturated rings. The number of amides is 1. The number of carboxylic acids is 1. The van der Waals surface area contributed by atoms with E-state index >= 15 is 0 Å². The highest BCUT2D eigenvalue weighted by Crippen LogP contribution is 2.18. The molecule has 7 nitrogen and oxygen atoms in total. The van der Waals surface area contributed by atoms with E-state index in [0.29, 0.717) is 12.8 Å². The number of sulfonamides is 1. The van der Waals surface area contributed by atoms with Crippen LogP contribution in [0.2, 0.25) is 0 Å². The molecule has 0 atom stereocenters. The molecule has 25 heavy (non-hydrogen) atoms. The van der Waals surface area contributed by atoms with Crippen LogP contribution in [0, 0.1) is 5.82 Å². The molecular weight excluding hydrogens is 351 g/mol. The molecule has 1 aliphatic heterocycles. The molecule has 1 aliphatic rings. The van der Waals surface area contributed by atoms with Gasteiger partial charge < -0.3 is 10.0 Å². The van der Waals surface area contributed by atoms with E-state index in [2.05, 4.69) is 0 Å². The lowest BCUT2D eigenvalue weighted by Crippen LogP contribution is -2.50. The van der Waals surface area contributed by atoms with Crippen LogP contribution in [0.4, 0.5) is 4.39 Å². The molecule has 1 saturated heterocycles. The van der Waals surface area contributed by atoms with Crippen molar-refractivity contribution >= 4 is 21.9 Å². The van der Waals surface area contributed by atoms with Gasteiger partial charge in [0, 0.05) is 39.0 Å². The van der Waals surface area contributed by atoms with Crippen LogP contribution < -0.4 is 0 Å². The molecule has 1 N–H and O–H groups in total. The lowest BCUT2D eigenvalue weighted by Gasteiger charge is -2.34. The van der Waals surface area contributed by atoms with Gasteiger partial charge in [0.15, 0.2) is 0 Å². The Morgan fingerprint density at radius 2 is 1.56 bits per heavy atom. The molecule has 0 aliphatic carbocycles. The molecule has 0 aromatic heterocycles. The summed E-state index contributed by atoms with van der Waals surface area (Å²) in [5.74, 6) is -1.48. The van der Waals surface area contributed by atoms with Crippen molar-refractivity contribution in [2.75, 3.05) is 26.2 Å². The van der Waals surface area contributed by atoms with E-state index in [1.165, 1.54) is 16.4 Å². The summed E-state index contributed by atoms with van der Waals surface area (Å²) >= 11 is 0. The number of carbonyl (C=O) groups excluding carboxylic acids is 1. The molecule has 1 aromatic rings. The molecule has 1 aromatic carbocycles. The fraction of sp³-hybridized carbons (Fsp3) is 0.500. The largest absolute Gasteiger partial charge is 0.481 e. The Labute approximate surface area is 146 Å². The van der Waals surface area contributed by atoms with Gasteiger partial charge in [0.1, 0.15) is 5.82 Å². The van der Waals surface area contributed by atoms with Gasteiger partial charge in [0.05, 0.1) is 4.90 Å². The van der Waals surface area contributed by atoms with E-state index in [9.17, 15) is 22.4 Å². The molecule has 0 saturated carbocycles. The first kappa shape index (κ1) is 19.3. The number of benzene rings is 1. The lowest BCUT2D eigenvalue weighted by atomic mass is 10.1. The summed E-state index contributed by atoms with van der Waals surface area (Å²) < 4.78 is 39.2. The topological polar surface area (TPSA) is 95.0 Å². The van der Waals surface area contributed by atoms with Crippen molar-refractivity contribution in [3.8, 4) is 0 Å². The van der Waals surface area contributed by atoms with E-state index in [4.69, 9.17) is 5.11 Å². The third-order valence-corrected chi connectivity index (χ3v) is 5.99. The number of halogens is 1. The van der Waals surface area contributed by atoms with Gasteiger partial charge in [0.2, 0.25) is 15.9 Å². The molecule has 1 amide bonds. The minimum absolute atomic E-state index is 0.0300. The summed E-state index contributed by atoms with van der Waals surface area (Å²) in [6.45, 7) is 0.942. The standard InChI is InChI=1S/C16H21FN2O5S/c17-13-5-7-14(8-6-13)25(23,24)19-11-9-18(10-12-19)15(20)3-1-2-4-16(21)22/h5-8H,1-4,9-12H2,(H,21,22). The molecule has 1 heterocycles. The number of carboxylic acid groups (broad SMARTS) is 1. The van der Waals surface area contributed by atoms with E-state index in [0.717, 1.165) is 12.1 Å². The summed E-state index contributed by atoms with van der Waals surface area (Å²) in [6.07, 6.45) is 1.24. The summed E-state index contributed by atoms with van der Waals surface area (Å²) in [4.78, 5) is 24.1. The van der Waals surface area contributed by atoms with Crippen LogP contribution in [0.15, 0.2) is 29.2 Å². The number of aliphatic carboxylic acids is 1. The maximum Gasteiger partial charge on any atom is 0.303 e. The Morgan fingerprint density at radius 3 is 2.12 bits per heavy atom. The van der Waals surface area contributed by atoms with Crippen LogP contribution in [-0.4, -0.2) is 60.8 Å². The Bertz CT molecular complexity index is 713. The molecule has 0 radical (unpaired) electrons. The third kappa shape index (κ3) is 5.23. The zero-order valence-corrected chi connectivity index (χ0v) is 14.5. The molecule has 9 heteroatoms. The maximum atomic E-state index is 12.9. The van der Waals surface area contributed by atoms with Gasteiger partial charge in [-0.25, -0.2) is 12.8 Å². The number of carbonyl (C=O) groups is 2. The summed E-state index contributed by atoms with van der Waals surface area (Å²) in [7, 11) is -3.69. The van der Waals surface area contributed by atoms with E-state index in [-0.39, 0.29) is 49.8 Å². The molecule has 0 unspecified atom stereocenters. The normalized spacial score (nSPS) is 16.0. The molecule has 138 valence electrons. The SMILES string of the molecule is O=C(O)CCCCC(=O)N1CCN(S(=O)(=O)c2ccc(F)cc2)CC1. The number of hydrogen-bond acceptors (Lipinski definition) is 4. The second-order valence-electron chi connectivity index (χ2n) is 5.84. The smallest absolute Gasteiger partial charge is 0.303 e. The zero-order chi connectivity index (χ0) is 18.4.